The van der Waals surface area contributed by atoms with Crippen LogP contribution in [0.4, 0.5) is 0 Å². The molecule has 1 aromatic rings. The highest BCUT2D eigenvalue weighted by molar-refractivity contribution is 5.27. The number of fused-ring (bicyclic) bond motifs is 1. The zero-order valence-corrected chi connectivity index (χ0v) is 13.7. The predicted octanol–water partition coefficient (Wildman–Crippen LogP) is 5.42. The van der Waals surface area contributed by atoms with Crippen molar-refractivity contribution in [1.82, 2.24) is 0 Å². The van der Waals surface area contributed by atoms with E-state index in [1.807, 2.05) is 0 Å². The number of nitrogens with two attached hydrogens (primary N) is 1. The van der Waals surface area contributed by atoms with Crippen molar-refractivity contribution in [2.45, 2.75) is 70.8 Å². The van der Waals surface area contributed by atoms with E-state index in [1.54, 1.807) is 0 Å². The summed E-state index contributed by atoms with van der Waals surface area (Å²) in [6.07, 6.45) is 10.00. The van der Waals surface area contributed by atoms with Gasteiger partial charge in [-0.1, -0.05) is 63.8 Å². The minimum atomic E-state index is 0.245. The van der Waals surface area contributed by atoms with Crippen LogP contribution in [-0.2, 0) is 0 Å². The van der Waals surface area contributed by atoms with Gasteiger partial charge in [-0.05, 0) is 54.1 Å². The summed E-state index contributed by atoms with van der Waals surface area (Å²) in [4.78, 5) is 0. The lowest BCUT2D eigenvalue weighted by molar-refractivity contribution is 0.117. The third-order valence-electron chi connectivity index (χ3n) is 6.08. The van der Waals surface area contributed by atoms with Crippen LogP contribution in [0.3, 0.4) is 0 Å². The van der Waals surface area contributed by atoms with Crippen molar-refractivity contribution in [2.75, 3.05) is 0 Å². The molecule has 1 heteroatoms. The molecule has 0 spiro atoms. The maximum atomic E-state index is 6.62. The van der Waals surface area contributed by atoms with Gasteiger partial charge in [0.2, 0.25) is 0 Å². The highest BCUT2D eigenvalue weighted by Gasteiger charge is 2.34. The molecule has 0 radical (unpaired) electrons. The van der Waals surface area contributed by atoms with Gasteiger partial charge in [0.05, 0.1) is 0 Å². The van der Waals surface area contributed by atoms with Crippen molar-refractivity contribution in [1.29, 1.82) is 0 Å². The molecule has 21 heavy (non-hydrogen) atoms. The third kappa shape index (κ3) is 3.34. The highest BCUT2D eigenvalue weighted by Crippen LogP contribution is 2.45. The maximum absolute atomic E-state index is 6.62. The van der Waals surface area contributed by atoms with Crippen LogP contribution in [0.1, 0.15) is 81.9 Å². The van der Waals surface area contributed by atoms with E-state index in [1.165, 1.54) is 56.1 Å². The standard InChI is InChI=1S/C20H31N/c1-14(2)15-7-10-17(11-8-15)20(21)19-12-9-16-5-3-4-6-18(16)13-19/h7-8,10-11,14,16,18-20H,3-6,9,12-13,21H2,1-2H3. The monoisotopic (exact) mass is 285 g/mol. The van der Waals surface area contributed by atoms with Crippen molar-refractivity contribution in [3.05, 3.63) is 35.4 Å². The predicted molar refractivity (Wildman–Crippen MR) is 90.2 cm³/mol. The fourth-order valence-corrected chi connectivity index (χ4v) is 4.61. The minimum Gasteiger partial charge on any atom is -0.324 e. The molecule has 3 rings (SSSR count). The number of hydrogen-bond acceptors (Lipinski definition) is 1. The molecule has 4 unspecified atom stereocenters. The van der Waals surface area contributed by atoms with E-state index in [9.17, 15) is 0 Å². The van der Waals surface area contributed by atoms with Gasteiger partial charge in [0.1, 0.15) is 0 Å². The van der Waals surface area contributed by atoms with Gasteiger partial charge in [-0.15, -0.1) is 0 Å². The lowest BCUT2D eigenvalue weighted by Gasteiger charge is -2.41. The Balaban J connectivity index is 1.65. The Bertz CT molecular complexity index is 447. The summed E-state index contributed by atoms with van der Waals surface area (Å²) in [5.74, 6) is 3.30. The van der Waals surface area contributed by atoms with Crippen molar-refractivity contribution in [3.8, 4) is 0 Å². The minimum absolute atomic E-state index is 0.245. The molecule has 2 saturated carbocycles. The molecule has 1 nitrogen and oxygen atoms in total. The number of rotatable bonds is 3. The molecule has 116 valence electrons. The van der Waals surface area contributed by atoms with Crippen LogP contribution in [0.25, 0.3) is 0 Å². The van der Waals surface area contributed by atoms with Gasteiger partial charge in [0.15, 0.2) is 0 Å². The van der Waals surface area contributed by atoms with E-state index < -0.39 is 0 Å². The first-order valence-electron chi connectivity index (χ1n) is 9.00. The fourth-order valence-electron chi connectivity index (χ4n) is 4.61. The molecule has 2 N–H and O–H groups in total. The molecule has 4 atom stereocenters. The topological polar surface area (TPSA) is 26.0 Å². The molecule has 0 aromatic heterocycles. The molecule has 0 saturated heterocycles. The van der Waals surface area contributed by atoms with Crippen molar-refractivity contribution < 1.29 is 0 Å². The van der Waals surface area contributed by atoms with Crippen LogP contribution in [0.5, 0.6) is 0 Å². The third-order valence-corrected chi connectivity index (χ3v) is 6.08. The average molecular weight is 285 g/mol. The first-order chi connectivity index (χ1) is 10.1. The Labute approximate surface area is 130 Å². The van der Waals surface area contributed by atoms with Crippen molar-refractivity contribution in [2.24, 2.45) is 23.5 Å². The summed E-state index contributed by atoms with van der Waals surface area (Å²) in [5, 5.41) is 0. The smallest absolute Gasteiger partial charge is 0.0323 e. The lowest BCUT2D eigenvalue weighted by Crippen LogP contribution is -2.33. The van der Waals surface area contributed by atoms with E-state index in [0.29, 0.717) is 11.8 Å². The first kappa shape index (κ1) is 15.1. The van der Waals surface area contributed by atoms with Crippen molar-refractivity contribution in [3.63, 3.8) is 0 Å². The Morgan fingerprint density at radius 3 is 2.14 bits per heavy atom. The quantitative estimate of drug-likeness (QED) is 0.788. The molecule has 2 aliphatic rings. The lowest BCUT2D eigenvalue weighted by atomic mass is 9.65. The van der Waals surface area contributed by atoms with Crippen LogP contribution in [0.15, 0.2) is 24.3 Å². The van der Waals surface area contributed by atoms with Crippen LogP contribution in [-0.4, -0.2) is 0 Å². The Morgan fingerprint density at radius 2 is 1.48 bits per heavy atom. The maximum Gasteiger partial charge on any atom is 0.0323 e. The van der Waals surface area contributed by atoms with Crippen molar-refractivity contribution >= 4 is 0 Å². The summed E-state index contributed by atoms with van der Waals surface area (Å²) < 4.78 is 0. The Hall–Kier alpha value is -0.820. The molecule has 0 bridgehead atoms. The number of benzene rings is 1. The molecule has 2 fully saturated rings. The highest BCUT2D eigenvalue weighted by atomic mass is 14.7. The van der Waals surface area contributed by atoms with Gasteiger partial charge in [0.25, 0.3) is 0 Å². The van der Waals surface area contributed by atoms with Gasteiger partial charge >= 0.3 is 0 Å². The Morgan fingerprint density at radius 1 is 0.857 bits per heavy atom. The Kier molecular flexibility index (Phi) is 4.69. The molecule has 1 aromatic carbocycles. The van der Waals surface area contributed by atoms with Gasteiger partial charge in [0, 0.05) is 6.04 Å². The van der Waals surface area contributed by atoms with Crippen LogP contribution >= 0.6 is 0 Å². The molecule has 0 heterocycles. The SMILES string of the molecule is CC(C)c1ccc(C(N)C2CCC3CCCCC3C2)cc1. The average Bonchev–Trinajstić information content (AvgIpc) is 2.54. The normalized spacial score (nSPS) is 31.0. The second-order valence-electron chi connectivity index (χ2n) is 7.72. The molecular formula is C20H31N. The van der Waals surface area contributed by atoms with E-state index in [2.05, 4.69) is 38.1 Å². The van der Waals surface area contributed by atoms with E-state index in [4.69, 9.17) is 5.73 Å². The summed E-state index contributed by atoms with van der Waals surface area (Å²) in [5.41, 5.74) is 9.38. The summed E-state index contributed by atoms with van der Waals surface area (Å²) in [7, 11) is 0. The largest absolute Gasteiger partial charge is 0.324 e. The fraction of sp³-hybridized carbons (Fsp3) is 0.700. The van der Waals surface area contributed by atoms with Crippen LogP contribution in [0.2, 0.25) is 0 Å². The van der Waals surface area contributed by atoms with E-state index in [-0.39, 0.29) is 6.04 Å². The van der Waals surface area contributed by atoms with Crippen LogP contribution < -0.4 is 5.73 Å². The van der Waals surface area contributed by atoms with E-state index in [0.717, 1.165) is 11.8 Å². The second-order valence-corrected chi connectivity index (χ2v) is 7.72. The zero-order valence-electron chi connectivity index (χ0n) is 13.7. The molecule has 0 amide bonds. The van der Waals surface area contributed by atoms with E-state index >= 15 is 0 Å². The molecule has 0 aliphatic heterocycles. The number of hydrogen-bond donors (Lipinski definition) is 1. The van der Waals surface area contributed by atoms with Gasteiger partial charge in [-0.2, -0.15) is 0 Å². The second kappa shape index (κ2) is 6.52. The van der Waals surface area contributed by atoms with Gasteiger partial charge in [-0.25, -0.2) is 0 Å². The summed E-state index contributed by atoms with van der Waals surface area (Å²) in [6, 6.07) is 9.33. The first-order valence-corrected chi connectivity index (χ1v) is 9.00. The van der Waals surface area contributed by atoms with Gasteiger partial charge < -0.3 is 5.73 Å². The van der Waals surface area contributed by atoms with Crippen LogP contribution in [0, 0.1) is 17.8 Å². The summed E-state index contributed by atoms with van der Waals surface area (Å²) in [6.45, 7) is 4.50. The zero-order chi connectivity index (χ0) is 14.8. The molecule has 2 aliphatic carbocycles. The summed E-state index contributed by atoms with van der Waals surface area (Å²) >= 11 is 0. The molecular weight excluding hydrogens is 254 g/mol. The van der Waals surface area contributed by atoms with Gasteiger partial charge in [-0.3, -0.25) is 0 Å².